The van der Waals surface area contributed by atoms with Gasteiger partial charge >= 0.3 is 5.97 Å². The first-order valence-corrected chi connectivity index (χ1v) is 9.68. The van der Waals surface area contributed by atoms with E-state index in [0.29, 0.717) is 0 Å². The fourth-order valence-electron chi connectivity index (χ4n) is 2.32. The predicted molar refractivity (Wildman–Crippen MR) is 102 cm³/mol. The molecule has 0 atom stereocenters. The number of nitrogens with one attached hydrogen (secondary N) is 1. The summed E-state index contributed by atoms with van der Waals surface area (Å²) in [6.07, 6.45) is 0. The Balaban J connectivity index is 2.06. The summed E-state index contributed by atoms with van der Waals surface area (Å²) in [4.78, 5) is 22.8. The highest BCUT2D eigenvalue weighted by Crippen LogP contribution is 2.27. The number of aromatic hydroxyl groups is 1. The number of rotatable bonds is 6. The van der Waals surface area contributed by atoms with E-state index in [-0.39, 0.29) is 16.0 Å². The van der Waals surface area contributed by atoms with E-state index >= 15 is 0 Å². The maximum atomic E-state index is 12.2. The fourth-order valence-corrected chi connectivity index (χ4v) is 3.19. The molecule has 2 rings (SSSR count). The molecule has 0 bridgehead atoms. The number of amides is 1. The molecule has 2 aromatic rings. The van der Waals surface area contributed by atoms with Crippen LogP contribution in [0.3, 0.4) is 0 Å². The highest BCUT2D eigenvalue weighted by Gasteiger charge is 2.20. The summed E-state index contributed by atoms with van der Waals surface area (Å²) < 4.78 is 29.2. The van der Waals surface area contributed by atoms with E-state index in [1.54, 1.807) is 12.1 Å². The molecule has 0 saturated carbocycles. The van der Waals surface area contributed by atoms with E-state index in [2.05, 4.69) is 5.32 Å². The molecule has 8 nitrogen and oxygen atoms in total. The molecule has 0 radical (unpaired) electrons. The monoisotopic (exact) mass is 407 g/mol. The zero-order valence-electron chi connectivity index (χ0n) is 15.6. The second-order valence-corrected chi connectivity index (χ2v) is 8.66. The lowest BCUT2D eigenvalue weighted by molar-refractivity contribution is -0.118. The lowest BCUT2D eigenvalue weighted by Crippen LogP contribution is -2.21. The lowest BCUT2D eigenvalue weighted by atomic mass is 9.87. The Morgan fingerprint density at radius 3 is 2.21 bits per heavy atom. The van der Waals surface area contributed by atoms with Gasteiger partial charge in [-0.1, -0.05) is 39.0 Å². The van der Waals surface area contributed by atoms with Crippen molar-refractivity contribution in [2.75, 3.05) is 11.9 Å². The average molecular weight is 407 g/mol. The Kier molecular flexibility index (Phi) is 6.10. The van der Waals surface area contributed by atoms with Crippen LogP contribution in [-0.2, 0) is 24.5 Å². The van der Waals surface area contributed by atoms with Gasteiger partial charge in [-0.05, 0) is 35.2 Å². The Bertz CT molecular complexity index is 990. The number of para-hydroxylation sites is 1. The van der Waals surface area contributed by atoms with Gasteiger partial charge in [0, 0.05) is 0 Å². The third kappa shape index (κ3) is 5.08. The lowest BCUT2D eigenvalue weighted by Gasteiger charge is -2.19. The molecule has 0 aliphatic rings. The number of anilines is 1. The third-order valence-electron chi connectivity index (χ3n) is 3.89. The van der Waals surface area contributed by atoms with Gasteiger partial charge in [0.15, 0.2) is 5.75 Å². The average Bonchev–Trinajstić information content (AvgIpc) is 2.61. The highest BCUT2D eigenvalue weighted by atomic mass is 32.2. The molecule has 1 amide bonds. The number of carbonyl (C=O) groups excluding carboxylic acids is 1. The van der Waals surface area contributed by atoms with Gasteiger partial charge in [0.05, 0.1) is 10.6 Å². The standard InChI is InChI=1S/C19H21NO7S/c1-19(2,3)12-7-9-13(10-8-12)28(25,26)27-11-16(21)20-15-6-4-5-14(17(15)22)18(23)24/h4-10,22H,11H2,1-3H3,(H,20,21)(H,23,24). The van der Waals surface area contributed by atoms with E-state index in [4.69, 9.17) is 9.29 Å². The number of phenols is 1. The van der Waals surface area contributed by atoms with Crippen LogP contribution >= 0.6 is 0 Å². The van der Waals surface area contributed by atoms with Crippen LogP contribution in [0.1, 0.15) is 36.7 Å². The first-order valence-electron chi connectivity index (χ1n) is 8.27. The zero-order valence-corrected chi connectivity index (χ0v) is 16.4. The molecule has 0 aliphatic heterocycles. The summed E-state index contributed by atoms with van der Waals surface area (Å²) in [6.45, 7) is 5.14. The topological polar surface area (TPSA) is 130 Å². The molecular weight excluding hydrogens is 386 g/mol. The van der Waals surface area contributed by atoms with Crippen molar-refractivity contribution in [2.45, 2.75) is 31.1 Å². The van der Waals surface area contributed by atoms with Crippen molar-refractivity contribution in [3.63, 3.8) is 0 Å². The second kappa shape index (κ2) is 7.99. The van der Waals surface area contributed by atoms with Crippen molar-refractivity contribution in [2.24, 2.45) is 0 Å². The highest BCUT2D eigenvalue weighted by molar-refractivity contribution is 7.86. The van der Waals surface area contributed by atoms with Crippen LogP contribution in [0.2, 0.25) is 0 Å². The summed E-state index contributed by atoms with van der Waals surface area (Å²) >= 11 is 0. The molecule has 0 spiro atoms. The van der Waals surface area contributed by atoms with Gasteiger partial charge in [0.25, 0.3) is 16.0 Å². The third-order valence-corrected chi connectivity index (χ3v) is 5.17. The van der Waals surface area contributed by atoms with Gasteiger partial charge in [0.1, 0.15) is 12.2 Å². The van der Waals surface area contributed by atoms with Crippen LogP contribution in [0.25, 0.3) is 0 Å². The summed E-state index contributed by atoms with van der Waals surface area (Å²) in [5, 5.41) is 21.0. The van der Waals surface area contributed by atoms with Crippen LogP contribution in [0.4, 0.5) is 5.69 Å². The quantitative estimate of drug-likeness (QED) is 0.496. The molecule has 28 heavy (non-hydrogen) atoms. The van der Waals surface area contributed by atoms with Gasteiger partial charge < -0.3 is 15.5 Å². The van der Waals surface area contributed by atoms with E-state index in [1.807, 2.05) is 20.8 Å². The minimum Gasteiger partial charge on any atom is -0.505 e. The Morgan fingerprint density at radius 2 is 1.68 bits per heavy atom. The van der Waals surface area contributed by atoms with E-state index in [0.717, 1.165) is 11.6 Å². The van der Waals surface area contributed by atoms with Gasteiger partial charge in [0.2, 0.25) is 0 Å². The van der Waals surface area contributed by atoms with E-state index in [1.165, 1.54) is 24.3 Å². The maximum absolute atomic E-state index is 12.2. The Hall–Kier alpha value is -2.91. The molecule has 0 aromatic heterocycles. The molecule has 150 valence electrons. The molecule has 9 heteroatoms. The van der Waals surface area contributed by atoms with E-state index < -0.39 is 39.9 Å². The molecule has 3 N–H and O–H groups in total. The fraction of sp³-hybridized carbons (Fsp3) is 0.263. The van der Waals surface area contributed by atoms with Gasteiger partial charge in [-0.3, -0.25) is 8.98 Å². The molecular formula is C19H21NO7S. The molecule has 0 saturated heterocycles. The van der Waals surface area contributed by atoms with Crippen molar-refractivity contribution in [3.8, 4) is 5.75 Å². The van der Waals surface area contributed by atoms with Gasteiger partial charge in [-0.15, -0.1) is 0 Å². The van der Waals surface area contributed by atoms with Crippen LogP contribution in [-0.4, -0.2) is 37.1 Å². The molecule has 2 aromatic carbocycles. The van der Waals surface area contributed by atoms with Crippen molar-refractivity contribution in [1.29, 1.82) is 0 Å². The van der Waals surface area contributed by atoms with E-state index in [9.17, 15) is 23.1 Å². The minimum atomic E-state index is -4.16. The summed E-state index contributed by atoms with van der Waals surface area (Å²) in [7, 11) is -4.16. The molecule has 0 heterocycles. The SMILES string of the molecule is CC(C)(C)c1ccc(S(=O)(=O)OCC(=O)Nc2cccc(C(=O)O)c2O)cc1. The van der Waals surface area contributed by atoms with Gasteiger partial charge in [-0.2, -0.15) is 8.42 Å². The summed E-state index contributed by atoms with van der Waals surface area (Å²) in [6, 6.07) is 9.91. The zero-order chi connectivity index (χ0) is 21.1. The maximum Gasteiger partial charge on any atom is 0.339 e. The van der Waals surface area contributed by atoms with Crippen molar-refractivity contribution in [1.82, 2.24) is 0 Å². The predicted octanol–water partition coefficient (Wildman–Crippen LogP) is 2.73. The van der Waals surface area contributed by atoms with Crippen LogP contribution < -0.4 is 5.32 Å². The number of benzene rings is 2. The Labute approximate surface area is 162 Å². The largest absolute Gasteiger partial charge is 0.505 e. The molecule has 0 fully saturated rings. The Morgan fingerprint density at radius 1 is 1.07 bits per heavy atom. The van der Waals surface area contributed by atoms with Crippen LogP contribution in [0.15, 0.2) is 47.4 Å². The van der Waals surface area contributed by atoms with Crippen molar-refractivity contribution < 1.29 is 32.4 Å². The van der Waals surface area contributed by atoms with Crippen LogP contribution in [0, 0.1) is 0 Å². The summed E-state index contributed by atoms with van der Waals surface area (Å²) in [5.74, 6) is -2.87. The molecule has 0 unspecified atom stereocenters. The first-order chi connectivity index (χ1) is 12.9. The van der Waals surface area contributed by atoms with Crippen molar-refractivity contribution >= 4 is 27.7 Å². The minimum absolute atomic E-state index is 0.0935. The number of carboxylic acids is 1. The summed E-state index contributed by atoms with van der Waals surface area (Å²) in [5.41, 5.74) is 0.235. The number of carbonyl (C=O) groups is 2. The smallest absolute Gasteiger partial charge is 0.339 e. The molecule has 0 aliphatic carbocycles. The second-order valence-electron chi connectivity index (χ2n) is 7.05. The first kappa shape index (κ1) is 21.4. The number of hydrogen-bond acceptors (Lipinski definition) is 6. The number of hydrogen-bond donors (Lipinski definition) is 3. The van der Waals surface area contributed by atoms with Crippen LogP contribution in [0.5, 0.6) is 5.75 Å². The number of carboxylic acid groups (broad SMARTS) is 1. The number of aromatic carboxylic acids is 1. The normalized spacial score (nSPS) is 11.8. The van der Waals surface area contributed by atoms with Crippen molar-refractivity contribution in [3.05, 3.63) is 53.6 Å². The van der Waals surface area contributed by atoms with Gasteiger partial charge in [-0.25, -0.2) is 4.79 Å².